The number of alkyl carbamates (subject to hydrolysis) is 1. The predicted octanol–water partition coefficient (Wildman–Crippen LogP) is 5.77. The van der Waals surface area contributed by atoms with Gasteiger partial charge in [0.1, 0.15) is 23.3 Å². The number of anilines is 1. The Bertz CT molecular complexity index is 1460. The van der Waals surface area contributed by atoms with E-state index in [2.05, 4.69) is 43.7 Å². The molecular formula is C31H38ClFN6O4. The van der Waals surface area contributed by atoms with Crippen molar-refractivity contribution >= 4 is 46.4 Å². The van der Waals surface area contributed by atoms with E-state index in [1.807, 2.05) is 13.0 Å². The van der Waals surface area contributed by atoms with Gasteiger partial charge in [0.15, 0.2) is 5.78 Å². The van der Waals surface area contributed by atoms with Crippen LogP contribution in [-0.4, -0.2) is 59.7 Å². The second-order valence-corrected chi connectivity index (χ2v) is 11.3. The van der Waals surface area contributed by atoms with E-state index in [1.54, 1.807) is 13.1 Å². The molecule has 4 N–H and O–H groups in total. The van der Waals surface area contributed by atoms with E-state index >= 15 is 0 Å². The van der Waals surface area contributed by atoms with Crippen molar-refractivity contribution in [3.8, 4) is 11.3 Å². The number of rotatable bonds is 12. The summed E-state index contributed by atoms with van der Waals surface area (Å²) in [6, 6.07) is 2.39. The van der Waals surface area contributed by atoms with Gasteiger partial charge in [-0.15, -0.1) is 0 Å². The maximum atomic E-state index is 14.9. The highest BCUT2D eigenvalue weighted by Crippen LogP contribution is 2.43. The van der Waals surface area contributed by atoms with Crippen molar-refractivity contribution in [2.45, 2.75) is 64.8 Å². The van der Waals surface area contributed by atoms with Gasteiger partial charge in [-0.05, 0) is 50.0 Å². The number of carbonyl (C=O) groups is 3. The van der Waals surface area contributed by atoms with Gasteiger partial charge < -0.3 is 25.7 Å². The molecule has 0 saturated heterocycles. The molecule has 2 heterocycles. The van der Waals surface area contributed by atoms with Crippen LogP contribution in [0.1, 0.15) is 70.3 Å². The summed E-state index contributed by atoms with van der Waals surface area (Å²) < 4.78 is 19.6. The lowest BCUT2D eigenvalue weighted by molar-refractivity contribution is -0.125. The van der Waals surface area contributed by atoms with E-state index < -0.39 is 11.9 Å². The number of ketones is 2. The molecule has 1 aliphatic carbocycles. The predicted molar refractivity (Wildman–Crippen MR) is 166 cm³/mol. The van der Waals surface area contributed by atoms with Gasteiger partial charge in [0.25, 0.3) is 0 Å². The smallest absolute Gasteiger partial charge is 0.407 e. The first-order valence-electron chi connectivity index (χ1n) is 14.5. The van der Waals surface area contributed by atoms with Gasteiger partial charge in [-0.1, -0.05) is 31.5 Å². The largest absolute Gasteiger partial charge is 0.453 e. The van der Waals surface area contributed by atoms with Crippen molar-refractivity contribution in [1.82, 2.24) is 20.6 Å². The zero-order chi connectivity index (χ0) is 31.1. The number of H-pyrrole nitrogens is 1. The number of aromatic nitrogens is 2. The van der Waals surface area contributed by atoms with Gasteiger partial charge in [-0.3, -0.25) is 14.6 Å². The molecule has 1 fully saturated rings. The molecule has 4 rings (SSSR count). The lowest BCUT2D eigenvalue weighted by Gasteiger charge is -2.18. The van der Waals surface area contributed by atoms with Crippen LogP contribution in [0.3, 0.4) is 0 Å². The van der Waals surface area contributed by atoms with E-state index in [0.29, 0.717) is 35.8 Å². The first kappa shape index (κ1) is 31.9. The van der Waals surface area contributed by atoms with Crippen LogP contribution >= 0.6 is 11.6 Å². The van der Waals surface area contributed by atoms with E-state index in [0.717, 1.165) is 30.1 Å². The second-order valence-electron chi connectivity index (χ2n) is 10.9. The molecule has 0 bridgehead atoms. The Morgan fingerprint density at radius 3 is 2.72 bits per heavy atom. The van der Waals surface area contributed by atoms with E-state index in [9.17, 15) is 18.8 Å². The highest BCUT2D eigenvalue weighted by atomic mass is 35.5. The van der Waals surface area contributed by atoms with Crippen LogP contribution in [0.15, 0.2) is 35.5 Å². The minimum absolute atomic E-state index is 0.0428. The number of hydrogen-bond acceptors (Lipinski definition) is 7. The lowest BCUT2D eigenvalue weighted by atomic mass is 9.98. The molecule has 2 atom stereocenters. The number of amidine groups is 1. The van der Waals surface area contributed by atoms with Gasteiger partial charge in [-0.25, -0.2) is 14.2 Å². The monoisotopic (exact) mass is 612 g/mol. The third kappa shape index (κ3) is 8.53. The molecule has 2 aromatic rings. The van der Waals surface area contributed by atoms with Crippen LogP contribution in [0.2, 0.25) is 5.02 Å². The molecule has 1 saturated carbocycles. The Hall–Kier alpha value is -3.99. The summed E-state index contributed by atoms with van der Waals surface area (Å²) in [6.45, 7) is 5.85. The number of methoxy groups -OCH3 is 1. The van der Waals surface area contributed by atoms with E-state index in [-0.39, 0.29) is 53.6 Å². The molecule has 0 spiro atoms. The standard InChI is InChI=1S/C31H38ClFN6O4/c1-5-22(40)14-23(41)16-35-25-13-21(33)12-24(26(25)32)28-27(38-30(39-28)20-8-9-20)19-7-6-17(2)29(34-11-10-19)36-15-18(3)37-31(42)43-4/h7,10-13,17-18,20,35H,5-6,8-9,14-16H2,1-4H3,(H,34,36)(H,37,42)(H,38,39). The molecule has 0 radical (unpaired) electrons. The van der Waals surface area contributed by atoms with Crippen LogP contribution in [0, 0.1) is 11.7 Å². The Balaban J connectivity index is 1.59. The van der Waals surface area contributed by atoms with Crippen molar-refractivity contribution in [2.24, 2.45) is 10.9 Å². The third-order valence-corrected chi connectivity index (χ3v) is 7.68. The number of aliphatic imine (C=N–C) groups is 1. The second kappa shape index (κ2) is 14.5. The van der Waals surface area contributed by atoms with Gasteiger partial charge in [-0.2, -0.15) is 0 Å². The molecule has 230 valence electrons. The summed E-state index contributed by atoms with van der Waals surface area (Å²) in [6.07, 6.45) is 8.04. The maximum Gasteiger partial charge on any atom is 0.407 e. The number of nitrogens with zero attached hydrogens (tertiary/aromatic N) is 2. The minimum Gasteiger partial charge on any atom is -0.453 e. The highest BCUT2D eigenvalue weighted by molar-refractivity contribution is 6.36. The third-order valence-electron chi connectivity index (χ3n) is 7.27. The van der Waals surface area contributed by atoms with Crippen molar-refractivity contribution < 1.29 is 23.5 Å². The molecule has 43 heavy (non-hydrogen) atoms. The number of nitrogens with one attached hydrogen (secondary N) is 4. The van der Waals surface area contributed by atoms with Crippen molar-refractivity contribution in [2.75, 3.05) is 25.5 Å². The SMILES string of the molecule is CCC(=O)CC(=O)CNc1cc(F)cc(-c2[nH]c(C3CC3)nc2C2=CCC(C)C(=NCC(C)NC(=O)OC)NC=C2)c1Cl. The number of halogens is 2. The number of benzene rings is 1. The maximum absolute atomic E-state index is 14.9. The number of ether oxygens (including phenoxy) is 1. The van der Waals surface area contributed by atoms with Gasteiger partial charge in [0.05, 0.1) is 48.7 Å². The van der Waals surface area contributed by atoms with E-state index in [4.69, 9.17) is 16.6 Å². The van der Waals surface area contributed by atoms with Gasteiger partial charge in [0, 0.05) is 36.1 Å². The molecule has 2 unspecified atom stereocenters. The molecule has 1 aromatic carbocycles. The van der Waals surface area contributed by atoms with Gasteiger partial charge in [0.2, 0.25) is 0 Å². The number of Topliss-reactive ketones (excluding diaryl/α,β-unsaturated/α-hetero) is 2. The average Bonchev–Trinajstić information content (AvgIpc) is 3.73. The summed E-state index contributed by atoms with van der Waals surface area (Å²) in [5, 5.41) is 9.12. The molecule has 12 heteroatoms. The number of aromatic amines is 1. The summed E-state index contributed by atoms with van der Waals surface area (Å²) in [7, 11) is 1.32. The van der Waals surface area contributed by atoms with Crippen LogP contribution in [0.25, 0.3) is 16.8 Å². The van der Waals surface area contributed by atoms with Crippen LogP contribution in [-0.2, 0) is 14.3 Å². The molecule has 10 nitrogen and oxygen atoms in total. The fraction of sp³-hybridized carbons (Fsp3) is 0.452. The number of allylic oxidation sites excluding steroid dienone is 3. The topological polar surface area (TPSA) is 138 Å². The number of imidazole rings is 1. The molecule has 2 aliphatic rings. The quantitative estimate of drug-likeness (QED) is 0.223. The molecule has 1 aliphatic heterocycles. The van der Waals surface area contributed by atoms with Crippen molar-refractivity contribution in [3.63, 3.8) is 0 Å². The molecule has 1 amide bonds. The molecular weight excluding hydrogens is 575 g/mol. The molecule has 1 aromatic heterocycles. The van der Waals surface area contributed by atoms with Crippen LogP contribution in [0.5, 0.6) is 0 Å². The minimum atomic E-state index is -0.526. The normalized spacial score (nSPS) is 18.2. The Labute approximate surface area is 255 Å². The zero-order valence-electron chi connectivity index (χ0n) is 24.9. The zero-order valence-corrected chi connectivity index (χ0v) is 25.6. The van der Waals surface area contributed by atoms with Crippen molar-refractivity contribution in [1.29, 1.82) is 0 Å². The fourth-order valence-electron chi connectivity index (χ4n) is 4.61. The first-order valence-corrected chi connectivity index (χ1v) is 14.9. The van der Waals surface area contributed by atoms with E-state index in [1.165, 1.54) is 19.2 Å². The summed E-state index contributed by atoms with van der Waals surface area (Å²) in [4.78, 5) is 48.3. The Kier molecular flexibility index (Phi) is 10.7. The fourth-order valence-corrected chi connectivity index (χ4v) is 4.88. The summed E-state index contributed by atoms with van der Waals surface area (Å²) in [5.74, 6) is 0.976. The highest BCUT2D eigenvalue weighted by Gasteiger charge is 2.30. The van der Waals surface area contributed by atoms with Crippen LogP contribution in [0.4, 0.5) is 14.9 Å². The summed E-state index contributed by atoms with van der Waals surface area (Å²) >= 11 is 6.79. The number of carbonyl (C=O) groups excluding carboxylic acids is 3. The van der Waals surface area contributed by atoms with Crippen LogP contribution < -0.4 is 16.0 Å². The Morgan fingerprint density at radius 2 is 2.02 bits per heavy atom. The summed E-state index contributed by atoms with van der Waals surface area (Å²) in [5.41, 5.74) is 2.74. The number of amides is 1. The van der Waals surface area contributed by atoms with Crippen molar-refractivity contribution in [3.05, 3.63) is 52.8 Å². The average molecular weight is 613 g/mol. The lowest BCUT2D eigenvalue weighted by Crippen LogP contribution is -2.35. The Morgan fingerprint density at radius 1 is 1.26 bits per heavy atom. The van der Waals surface area contributed by atoms with Gasteiger partial charge >= 0.3 is 6.09 Å². The first-order chi connectivity index (χ1) is 20.6. The number of hydrogen-bond donors (Lipinski definition) is 4.